The lowest BCUT2D eigenvalue weighted by Gasteiger charge is -2.16. The normalized spacial score (nSPS) is 11.4. The summed E-state index contributed by atoms with van der Waals surface area (Å²) in [5.41, 5.74) is 3.83. The minimum absolute atomic E-state index is 0.267. The van der Waals surface area contributed by atoms with E-state index in [1.54, 1.807) is 12.1 Å². The van der Waals surface area contributed by atoms with E-state index in [0.29, 0.717) is 42.6 Å². The molecule has 0 aliphatic carbocycles. The van der Waals surface area contributed by atoms with Crippen molar-refractivity contribution < 1.29 is 19.0 Å². The predicted molar refractivity (Wildman–Crippen MR) is 95.4 cm³/mol. The van der Waals surface area contributed by atoms with E-state index in [4.69, 9.17) is 14.2 Å². The zero-order chi connectivity index (χ0) is 18.1. The number of hydrogen-bond acceptors (Lipinski definition) is 5. The Morgan fingerprint density at radius 1 is 1.04 bits per heavy atom. The topological polar surface area (TPSA) is 69.2 Å². The monoisotopic (exact) mass is 336 g/mol. The molecule has 24 heavy (non-hydrogen) atoms. The SMILES string of the molecule is CCOc1cc(C(=O)N/N=C(\C)C(C)C)cc(OCC)c1OCC. The van der Waals surface area contributed by atoms with E-state index in [0.717, 1.165) is 5.71 Å². The second-order valence-corrected chi connectivity index (χ2v) is 5.45. The zero-order valence-electron chi connectivity index (χ0n) is 15.4. The fraction of sp³-hybridized carbons (Fsp3) is 0.556. The van der Waals surface area contributed by atoms with Crippen molar-refractivity contribution in [1.82, 2.24) is 5.43 Å². The number of hydrazone groups is 1. The highest BCUT2D eigenvalue weighted by molar-refractivity contribution is 5.96. The number of amides is 1. The van der Waals surface area contributed by atoms with Gasteiger partial charge in [-0.05, 0) is 45.7 Å². The van der Waals surface area contributed by atoms with Crippen molar-refractivity contribution in [2.45, 2.75) is 41.5 Å². The largest absolute Gasteiger partial charge is 0.490 e. The van der Waals surface area contributed by atoms with Gasteiger partial charge in [0.2, 0.25) is 5.75 Å². The Labute approximate surface area is 144 Å². The molecule has 6 nitrogen and oxygen atoms in total. The molecule has 0 unspecified atom stereocenters. The van der Waals surface area contributed by atoms with Gasteiger partial charge in [0, 0.05) is 11.3 Å². The molecule has 1 amide bonds. The molecular weight excluding hydrogens is 308 g/mol. The van der Waals surface area contributed by atoms with Crippen LogP contribution in [0.3, 0.4) is 0 Å². The number of carbonyl (C=O) groups excluding carboxylic acids is 1. The summed E-state index contributed by atoms with van der Waals surface area (Å²) in [6.07, 6.45) is 0. The van der Waals surface area contributed by atoms with Crippen LogP contribution in [-0.2, 0) is 0 Å². The van der Waals surface area contributed by atoms with Crippen molar-refractivity contribution in [2.24, 2.45) is 11.0 Å². The third-order valence-electron chi connectivity index (χ3n) is 3.34. The molecule has 134 valence electrons. The molecule has 0 saturated carbocycles. The molecule has 6 heteroatoms. The summed E-state index contributed by atoms with van der Waals surface area (Å²) in [5.74, 6) is 1.43. The molecule has 0 aromatic heterocycles. The van der Waals surface area contributed by atoms with E-state index in [1.165, 1.54) is 0 Å². The lowest BCUT2D eigenvalue weighted by atomic mass is 10.1. The number of ether oxygens (including phenoxy) is 3. The quantitative estimate of drug-likeness (QED) is 0.552. The second-order valence-electron chi connectivity index (χ2n) is 5.45. The van der Waals surface area contributed by atoms with Crippen LogP contribution in [0.5, 0.6) is 17.2 Å². The molecule has 0 heterocycles. The first kappa shape index (κ1) is 19.8. The Morgan fingerprint density at radius 3 is 1.96 bits per heavy atom. The molecule has 0 spiro atoms. The maximum Gasteiger partial charge on any atom is 0.271 e. The van der Waals surface area contributed by atoms with Crippen LogP contribution in [0.4, 0.5) is 0 Å². The first-order valence-corrected chi connectivity index (χ1v) is 8.35. The van der Waals surface area contributed by atoms with Gasteiger partial charge in [0.15, 0.2) is 11.5 Å². The highest BCUT2D eigenvalue weighted by Gasteiger charge is 2.18. The molecule has 0 aliphatic heterocycles. The molecule has 0 atom stereocenters. The molecule has 1 N–H and O–H groups in total. The molecule has 0 radical (unpaired) electrons. The fourth-order valence-corrected chi connectivity index (χ4v) is 1.85. The first-order chi connectivity index (χ1) is 11.4. The fourth-order valence-electron chi connectivity index (χ4n) is 1.85. The summed E-state index contributed by atoms with van der Waals surface area (Å²) in [7, 11) is 0. The van der Waals surface area contributed by atoms with Gasteiger partial charge in [0.1, 0.15) is 0 Å². The summed E-state index contributed by atoms with van der Waals surface area (Å²) in [5, 5.41) is 4.11. The summed E-state index contributed by atoms with van der Waals surface area (Å²) >= 11 is 0. The van der Waals surface area contributed by atoms with E-state index in [1.807, 2.05) is 41.5 Å². The van der Waals surface area contributed by atoms with Crippen LogP contribution >= 0.6 is 0 Å². The first-order valence-electron chi connectivity index (χ1n) is 8.35. The van der Waals surface area contributed by atoms with Gasteiger partial charge in [0.25, 0.3) is 5.91 Å². The van der Waals surface area contributed by atoms with Crippen LogP contribution in [0, 0.1) is 5.92 Å². The standard InChI is InChI=1S/C18H28N2O4/c1-7-22-15-10-14(18(21)20-19-13(6)12(4)5)11-16(23-8-2)17(15)24-9-3/h10-12H,7-9H2,1-6H3,(H,20,21)/b19-13+. The molecule has 0 aliphatic rings. The average molecular weight is 336 g/mol. The number of hydrogen-bond donors (Lipinski definition) is 1. The minimum atomic E-state index is -0.319. The van der Waals surface area contributed by atoms with Crippen LogP contribution in [0.2, 0.25) is 0 Å². The summed E-state index contributed by atoms with van der Waals surface area (Å²) in [6, 6.07) is 3.29. The van der Waals surface area contributed by atoms with Gasteiger partial charge in [-0.15, -0.1) is 0 Å². The lowest BCUT2D eigenvalue weighted by Crippen LogP contribution is -2.20. The van der Waals surface area contributed by atoms with Gasteiger partial charge in [-0.2, -0.15) is 5.10 Å². The van der Waals surface area contributed by atoms with Crippen LogP contribution in [0.25, 0.3) is 0 Å². The van der Waals surface area contributed by atoms with Crippen LogP contribution in [0.1, 0.15) is 51.9 Å². The summed E-state index contributed by atoms with van der Waals surface area (Å²) in [6.45, 7) is 12.9. The maximum absolute atomic E-state index is 12.4. The molecule has 0 bridgehead atoms. The van der Waals surface area contributed by atoms with Gasteiger partial charge in [-0.1, -0.05) is 13.8 Å². The van der Waals surface area contributed by atoms with Crippen LogP contribution in [0.15, 0.2) is 17.2 Å². The summed E-state index contributed by atoms with van der Waals surface area (Å²) < 4.78 is 16.8. The van der Waals surface area contributed by atoms with Crippen LogP contribution in [-0.4, -0.2) is 31.4 Å². The molecule has 1 aromatic rings. The second kappa shape index (κ2) is 9.80. The van der Waals surface area contributed by atoms with Gasteiger partial charge < -0.3 is 14.2 Å². The van der Waals surface area contributed by atoms with Gasteiger partial charge in [-0.25, -0.2) is 5.43 Å². The molecule has 1 aromatic carbocycles. The van der Waals surface area contributed by atoms with Crippen molar-refractivity contribution in [3.63, 3.8) is 0 Å². The van der Waals surface area contributed by atoms with Crippen molar-refractivity contribution in [1.29, 1.82) is 0 Å². The van der Waals surface area contributed by atoms with Crippen molar-refractivity contribution >= 4 is 11.6 Å². The van der Waals surface area contributed by atoms with Gasteiger partial charge in [-0.3, -0.25) is 4.79 Å². The number of rotatable bonds is 9. The predicted octanol–water partition coefficient (Wildman–Crippen LogP) is 3.64. The van der Waals surface area contributed by atoms with E-state index < -0.39 is 0 Å². The average Bonchev–Trinajstić information content (AvgIpc) is 2.55. The molecule has 0 saturated heterocycles. The highest BCUT2D eigenvalue weighted by Crippen LogP contribution is 2.39. The Bertz CT molecular complexity index is 555. The van der Waals surface area contributed by atoms with E-state index in [2.05, 4.69) is 10.5 Å². The van der Waals surface area contributed by atoms with E-state index >= 15 is 0 Å². The number of benzene rings is 1. The van der Waals surface area contributed by atoms with Gasteiger partial charge >= 0.3 is 0 Å². The Morgan fingerprint density at radius 2 is 1.54 bits per heavy atom. The van der Waals surface area contributed by atoms with Crippen molar-refractivity contribution in [3.05, 3.63) is 17.7 Å². The highest BCUT2D eigenvalue weighted by atomic mass is 16.5. The number of carbonyl (C=O) groups is 1. The minimum Gasteiger partial charge on any atom is -0.490 e. The molecule has 0 fully saturated rings. The zero-order valence-corrected chi connectivity index (χ0v) is 15.4. The van der Waals surface area contributed by atoms with Crippen molar-refractivity contribution in [2.75, 3.05) is 19.8 Å². The smallest absolute Gasteiger partial charge is 0.271 e. The lowest BCUT2D eigenvalue weighted by molar-refractivity contribution is 0.0953. The Hall–Kier alpha value is -2.24. The van der Waals surface area contributed by atoms with Gasteiger partial charge in [0.05, 0.1) is 19.8 Å². The number of nitrogens with zero attached hydrogens (tertiary/aromatic N) is 1. The molecular formula is C18H28N2O4. The Balaban J connectivity index is 3.18. The third kappa shape index (κ3) is 5.44. The van der Waals surface area contributed by atoms with Crippen LogP contribution < -0.4 is 19.6 Å². The van der Waals surface area contributed by atoms with E-state index in [9.17, 15) is 4.79 Å². The van der Waals surface area contributed by atoms with E-state index in [-0.39, 0.29) is 11.8 Å². The third-order valence-corrected chi connectivity index (χ3v) is 3.34. The number of nitrogens with one attached hydrogen (secondary N) is 1. The molecule has 1 rings (SSSR count). The van der Waals surface area contributed by atoms with Crippen molar-refractivity contribution in [3.8, 4) is 17.2 Å². The maximum atomic E-state index is 12.4. The Kier molecular flexibility index (Phi) is 8.09. The summed E-state index contributed by atoms with van der Waals surface area (Å²) in [4.78, 5) is 12.4.